The lowest BCUT2D eigenvalue weighted by Gasteiger charge is -2.30. The van der Waals surface area contributed by atoms with Crippen molar-refractivity contribution in [2.75, 3.05) is 0 Å². The van der Waals surface area contributed by atoms with Gasteiger partial charge < -0.3 is 10.2 Å². The van der Waals surface area contributed by atoms with E-state index in [1.54, 1.807) is 25.1 Å². The lowest BCUT2D eigenvalue weighted by atomic mass is 10.1. The molecule has 0 bridgehead atoms. The van der Waals surface area contributed by atoms with Crippen LogP contribution in [0, 0.1) is 6.92 Å². The molecular formula is C22H26Cl2N2O2. The van der Waals surface area contributed by atoms with E-state index in [2.05, 4.69) is 5.32 Å². The van der Waals surface area contributed by atoms with E-state index in [1.165, 1.54) is 4.90 Å². The predicted molar refractivity (Wildman–Crippen MR) is 115 cm³/mol. The zero-order chi connectivity index (χ0) is 20.8. The SMILES string of the molecule is Cc1ccc(CC(=O)N(Cc2c(Cl)cccc2Cl)[C@H](C)C(=O)NC(C)C)cc1. The molecule has 0 heterocycles. The molecule has 0 saturated heterocycles. The largest absolute Gasteiger partial charge is 0.352 e. The summed E-state index contributed by atoms with van der Waals surface area (Å²) >= 11 is 12.6. The van der Waals surface area contributed by atoms with Gasteiger partial charge in [-0.3, -0.25) is 9.59 Å². The van der Waals surface area contributed by atoms with E-state index >= 15 is 0 Å². The maximum atomic E-state index is 13.1. The predicted octanol–water partition coefficient (Wildman–Crippen LogP) is 4.79. The highest BCUT2D eigenvalue weighted by atomic mass is 35.5. The van der Waals surface area contributed by atoms with Crippen LogP contribution in [0.3, 0.4) is 0 Å². The lowest BCUT2D eigenvalue weighted by Crippen LogP contribution is -2.49. The van der Waals surface area contributed by atoms with Gasteiger partial charge in [-0.1, -0.05) is 59.1 Å². The molecule has 2 rings (SSSR count). The summed E-state index contributed by atoms with van der Waals surface area (Å²) in [6.07, 6.45) is 0.196. The van der Waals surface area contributed by atoms with Crippen LogP contribution in [0.2, 0.25) is 10.0 Å². The summed E-state index contributed by atoms with van der Waals surface area (Å²) in [5.74, 6) is -0.373. The first-order valence-corrected chi connectivity index (χ1v) is 10.0. The van der Waals surface area contributed by atoms with Crippen LogP contribution >= 0.6 is 23.2 Å². The number of carbonyl (C=O) groups excluding carboxylic acids is 2. The summed E-state index contributed by atoms with van der Waals surface area (Å²) < 4.78 is 0. The van der Waals surface area contributed by atoms with Gasteiger partial charge in [0.2, 0.25) is 11.8 Å². The Balaban J connectivity index is 2.30. The van der Waals surface area contributed by atoms with Gasteiger partial charge in [0.1, 0.15) is 6.04 Å². The number of nitrogens with one attached hydrogen (secondary N) is 1. The molecule has 1 N–H and O–H groups in total. The number of hydrogen-bond donors (Lipinski definition) is 1. The molecular weight excluding hydrogens is 395 g/mol. The molecule has 2 aromatic carbocycles. The third-order valence-electron chi connectivity index (χ3n) is 4.46. The number of aryl methyl sites for hydroxylation is 1. The highest BCUT2D eigenvalue weighted by Crippen LogP contribution is 2.27. The van der Waals surface area contributed by atoms with Crippen molar-refractivity contribution >= 4 is 35.0 Å². The monoisotopic (exact) mass is 420 g/mol. The van der Waals surface area contributed by atoms with E-state index in [-0.39, 0.29) is 30.8 Å². The molecule has 2 aromatic rings. The second kappa shape index (κ2) is 9.94. The second-order valence-corrected chi connectivity index (χ2v) is 8.04. The number of benzene rings is 2. The molecule has 0 aliphatic carbocycles. The van der Waals surface area contributed by atoms with Gasteiger partial charge in [-0.05, 0) is 45.4 Å². The van der Waals surface area contributed by atoms with Gasteiger partial charge >= 0.3 is 0 Å². The van der Waals surface area contributed by atoms with Gasteiger partial charge in [-0.25, -0.2) is 0 Å². The first-order valence-electron chi connectivity index (χ1n) is 9.27. The molecule has 0 unspecified atom stereocenters. The van der Waals surface area contributed by atoms with Crippen LogP contribution in [-0.2, 0) is 22.6 Å². The fraction of sp³-hybridized carbons (Fsp3) is 0.364. The molecule has 0 radical (unpaired) electrons. The van der Waals surface area contributed by atoms with E-state index in [0.29, 0.717) is 15.6 Å². The Labute approximate surface area is 176 Å². The Morgan fingerprint density at radius 3 is 2.11 bits per heavy atom. The van der Waals surface area contributed by atoms with Gasteiger partial charge in [0.15, 0.2) is 0 Å². The van der Waals surface area contributed by atoms with Gasteiger partial charge in [-0.15, -0.1) is 0 Å². The smallest absolute Gasteiger partial charge is 0.242 e. The van der Waals surface area contributed by atoms with Crippen molar-refractivity contribution in [2.45, 2.75) is 52.7 Å². The Hall–Kier alpha value is -2.04. The van der Waals surface area contributed by atoms with E-state index < -0.39 is 6.04 Å². The normalized spacial score (nSPS) is 12.0. The minimum absolute atomic E-state index is 0.0205. The average Bonchev–Trinajstić information content (AvgIpc) is 2.62. The van der Waals surface area contributed by atoms with Crippen molar-refractivity contribution in [1.29, 1.82) is 0 Å². The van der Waals surface area contributed by atoms with Crippen LogP contribution in [-0.4, -0.2) is 28.8 Å². The van der Waals surface area contributed by atoms with E-state index in [0.717, 1.165) is 11.1 Å². The number of amides is 2. The summed E-state index contributed by atoms with van der Waals surface area (Å²) in [6.45, 7) is 7.64. The molecule has 0 aliphatic rings. The number of hydrogen-bond acceptors (Lipinski definition) is 2. The first kappa shape index (κ1) is 22.3. The minimum Gasteiger partial charge on any atom is -0.352 e. The Kier molecular flexibility index (Phi) is 7.90. The fourth-order valence-corrected chi connectivity index (χ4v) is 3.34. The molecule has 0 aromatic heterocycles. The molecule has 0 saturated carbocycles. The Morgan fingerprint density at radius 2 is 1.57 bits per heavy atom. The third kappa shape index (κ3) is 5.98. The van der Waals surface area contributed by atoms with Crippen molar-refractivity contribution < 1.29 is 9.59 Å². The van der Waals surface area contributed by atoms with Gasteiger partial charge in [-0.2, -0.15) is 0 Å². The highest BCUT2D eigenvalue weighted by Gasteiger charge is 2.27. The highest BCUT2D eigenvalue weighted by molar-refractivity contribution is 6.36. The number of halogens is 2. The van der Waals surface area contributed by atoms with Crippen LogP contribution < -0.4 is 5.32 Å². The van der Waals surface area contributed by atoms with E-state index in [1.807, 2.05) is 45.0 Å². The summed E-state index contributed by atoms with van der Waals surface area (Å²) in [6, 6.07) is 12.3. The Bertz CT molecular complexity index is 815. The van der Waals surface area contributed by atoms with Crippen LogP contribution in [0.5, 0.6) is 0 Å². The zero-order valence-electron chi connectivity index (χ0n) is 16.6. The standard InChI is InChI=1S/C22H26Cl2N2O2/c1-14(2)25-22(28)16(4)26(13-18-19(23)6-5-7-20(18)24)21(27)12-17-10-8-15(3)9-11-17/h5-11,14,16H,12-13H2,1-4H3,(H,25,28)/t16-/m1/s1. The van der Waals surface area contributed by atoms with Crippen LogP contribution in [0.25, 0.3) is 0 Å². The quantitative estimate of drug-likeness (QED) is 0.699. The molecule has 4 nitrogen and oxygen atoms in total. The number of rotatable bonds is 7. The van der Waals surface area contributed by atoms with Crippen LogP contribution in [0.4, 0.5) is 0 Å². The van der Waals surface area contributed by atoms with Crippen LogP contribution in [0.1, 0.15) is 37.5 Å². The van der Waals surface area contributed by atoms with Gasteiger partial charge in [0.05, 0.1) is 6.42 Å². The topological polar surface area (TPSA) is 49.4 Å². The van der Waals surface area contributed by atoms with Crippen LogP contribution in [0.15, 0.2) is 42.5 Å². The van der Waals surface area contributed by atoms with E-state index in [9.17, 15) is 9.59 Å². The molecule has 0 spiro atoms. The Morgan fingerprint density at radius 1 is 1.00 bits per heavy atom. The summed E-state index contributed by atoms with van der Waals surface area (Å²) in [7, 11) is 0. The van der Waals surface area contributed by atoms with Gasteiger partial charge in [0.25, 0.3) is 0 Å². The molecule has 28 heavy (non-hydrogen) atoms. The molecule has 150 valence electrons. The minimum atomic E-state index is -0.660. The first-order chi connectivity index (χ1) is 13.2. The van der Waals surface area contributed by atoms with E-state index in [4.69, 9.17) is 23.2 Å². The molecule has 0 aliphatic heterocycles. The van der Waals surface area contributed by atoms with Gasteiger partial charge in [0, 0.05) is 28.2 Å². The third-order valence-corrected chi connectivity index (χ3v) is 5.17. The summed E-state index contributed by atoms with van der Waals surface area (Å²) in [5.41, 5.74) is 2.65. The number of carbonyl (C=O) groups is 2. The summed E-state index contributed by atoms with van der Waals surface area (Å²) in [4.78, 5) is 27.2. The van der Waals surface area contributed by atoms with Crippen molar-refractivity contribution in [3.05, 3.63) is 69.2 Å². The average molecular weight is 421 g/mol. The van der Waals surface area contributed by atoms with Crippen molar-refractivity contribution in [3.8, 4) is 0 Å². The zero-order valence-corrected chi connectivity index (χ0v) is 18.1. The fourth-order valence-electron chi connectivity index (χ4n) is 2.82. The lowest BCUT2D eigenvalue weighted by molar-refractivity contribution is -0.140. The van der Waals surface area contributed by atoms with Crippen molar-refractivity contribution in [2.24, 2.45) is 0 Å². The maximum absolute atomic E-state index is 13.1. The molecule has 6 heteroatoms. The molecule has 1 atom stereocenters. The second-order valence-electron chi connectivity index (χ2n) is 7.22. The number of nitrogens with zero attached hydrogens (tertiary/aromatic N) is 1. The molecule has 2 amide bonds. The van der Waals surface area contributed by atoms with Crippen molar-refractivity contribution in [1.82, 2.24) is 10.2 Å². The molecule has 0 fully saturated rings. The maximum Gasteiger partial charge on any atom is 0.242 e. The van der Waals surface area contributed by atoms with Crippen molar-refractivity contribution in [3.63, 3.8) is 0 Å². The summed E-state index contributed by atoms with van der Waals surface area (Å²) in [5, 5.41) is 3.80.